The summed E-state index contributed by atoms with van der Waals surface area (Å²) in [6.07, 6.45) is 6.09. The molecule has 3 aliphatic rings. The van der Waals surface area contributed by atoms with Crippen LogP contribution in [0.4, 0.5) is 0 Å². The van der Waals surface area contributed by atoms with E-state index < -0.39 is 11.7 Å². The highest BCUT2D eigenvalue weighted by molar-refractivity contribution is 5.81. The second-order valence-corrected chi connectivity index (χ2v) is 8.85. The molecule has 29 heavy (non-hydrogen) atoms. The lowest BCUT2D eigenvalue weighted by Gasteiger charge is -2.46. The Morgan fingerprint density at radius 2 is 2.00 bits per heavy atom. The second-order valence-electron chi connectivity index (χ2n) is 8.85. The summed E-state index contributed by atoms with van der Waals surface area (Å²) in [5.74, 6) is 1.50. The normalized spacial score (nSPS) is 24.5. The molecule has 1 atom stereocenters. The van der Waals surface area contributed by atoms with Crippen molar-refractivity contribution < 1.29 is 19.1 Å². The molecule has 1 spiro atoms. The van der Waals surface area contributed by atoms with Crippen LogP contribution in [0.15, 0.2) is 12.4 Å². The van der Waals surface area contributed by atoms with Gasteiger partial charge in [0.15, 0.2) is 6.10 Å². The third-order valence-electron chi connectivity index (χ3n) is 6.28. The van der Waals surface area contributed by atoms with Gasteiger partial charge in [0, 0.05) is 64.0 Å². The molecule has 2 saturated heterocycles. The van der Waals surface area contributed by atoms with Crippen molar-refractivity contribution in [1.29, 1.82) is 0 Å². The third-order valence-corrected chi connectivity index (χ3v) is 6.28. The lowest BCUT2D eigenvalue weighted by atomic mass is 9.87. The molecule has 160 valence electrons. The molecule has 2 fully saturated rings. The summed E-state index contributed by atoms with van der Waals surface area (Å²) >= 11 is 0. The number of hydrogen-bond acceptors (Lipinski definition) is 5. The lowest BCUT2D eigenvalue weighted by Crippen LogP contribution is -2.55. The van der Waals surface area contributed by atoms with Gasteiger partial charge in [0.05, 0.1) is 6.54 Å². The van der Waals surface area contributed by atoms with E-state index in [1.165, 1.54) is 0 Å². The molecule has 3 aliphatic heterocycles. The number of ether oxygens (including phenoxy) is 2. The van der Waals surface area contributed by atoms with Crippen LogP contribution in [0.1, 0.15) is 45.4 Å². The number of aromatic nitrogens is 2. The zero-order chi connectivity index (χ0) is 20.4. The largest absolute Gasteiger partial charge is 0.381 e. The highest BCUT2D eigenvalue weighted by Crippen LogP contribution is 2.40. The molecular formula is C21H32N4O4. The minimum atomic E-state index is -0.603. The lowest BCUT2D eigenvalue weighted by molar-refractivity contribution is -0.177. The van der Waals surface area contributed by atoms with E-state index in [1.54, 1.807) is 6.20 Å². The number of nitrogens with one attached hydrogen (secondary N) is 1. The van der Waals surface area contributed by atoms with Crippen LogP contribution in [-0.4, -0.2) is 65.2 Å². The Balaban J connectivity index is 1.44. The molecule has 8 nitrogen and oxygen atoms in total. The molecule has 8 heteroatoms. The topological polar surface area (TPSA) is 85.7 Å². The van der Waals surface area contributed by atoms with Gasteiger partial charge in [-0.1, -0.05) is 13.8 Å². The number of nitrogens with zero attached hydrogens (tertiary/aromatic N) is 3. The van der Waals surface area contributed by atoms with E-state index in [-0.39, 0.29) is 17.7 Å². The Labute approximate surface area is 171 Å². The first-order valence-electron chi connectivity index (χ1n) is 10.8. The molecule has 4 rings (SSSR count). The van der Waals surface area contributed by atoms with Crippen LogP contribution >= 0.6 is 0 Å². The second kappa shape index (κ2) is 8.44. The van der Waals surface area contributed by atoms with Crippen molar-refractivity contribution in [3.05, 3.63) is 18.2 Å². The smallest absolute Gasteiger partial charge is 0.251 e. The van der Waals surface area contributed by atoms with Gasteiger partial charge in [-0.3, -0.25) is 9.59 Å². The standard InChI is InChI=1S/C21H32N4O4/c1-15(2)13-23-18(26)17-14-25-10-7-22-20(25)21(29-17)5-8-24(9-6-21)19(27)16-3-11-28-12-4-16/h7,10,15-17H,3-6,8-9,11-14H2,1-2H3,(H,23,26)/t17-/m1/s1. The van der Waals surface area contributed by atoms with E-state index in [0.29, 0.717) is 58.2 Å². The van der Waals surface area contributed by atoms with E-state index in [4.69, 9.17) is 9.47 Å². The van der Waals surface area contributed by atoms with Gasteiger partial charge in [-0.25, -0.2) is 4.98 Å². The maximum Gasteiger partial charge on any atom is 0.251 e. The highest BCUT2D eigenvalue weighted by Gasteiger charge is 2.48. The molecule has 1 aromatic rings. The predicted molar refractivity (Wildman–Crippen MR) is 106 cm³/mol. The molecule has 4 heterocycles. The monoisotopic (exact) mass is 404 g/mol. The Hall–Kier alpha value is -1.93. The highest BCUT2D eigenvalue weighted by atomic mass is 16.5. The molecule has 0 aliphatic carbocycles. The number of fused-ring (bicyclic) bond motifs is 2. The van der Waals surface area contributed by atoms with Crippen molar-refractivity contribution in [1.82, 2.24) is 19.8 Å². The fourth-order valence-corrected chi connectivity index (χ4v) is 4.58. The van der Waals surface area contributed by atoms with E-state index in [9.17, 15) is 9.59 Å². The minimum absolute atomic E-state index is 0.0709. The zero-order valence-corrected chi connectivity index (χ0v) is 17.4. The van der Waals surface area contributed by atoms with E-state index >= 15 is 0 Å². The Morgan fingerprint density at radius 1 is 1.28 bits per heavy atom. The number of piperidine rings is 1. The molecule has 0 bridgehead atoms. The fourth-order valence-electron chi connectivity index (χ4n) is 4.58. The summed E-state index contributed by atoms with van der Waals surface area (Å²) in [6.45, 7) is 7.85. The van der Waals surface area contributed by atoms with Crippen LogP contribution in [0.3, 0.4) is 0 Å². The van der Waals surface area contributed by atoms with Gasteiger partial charge in [-0.05, 0) is 18.8 Å². The summed E-state index contributed by atoms with van der Waals surface area (Å²) in [5.41, 5.74) is -0.603. The Kier molecular flexibility index (Phi) is 5.92. The van der Waals surface area contributed by atoms with Crippen molar-refractivity contribution >= 4 is 11.8 Å². The quantitative estimate of drug-likeness (QED) is 0.818. The van der Waals surface area contributed by atoms with Gasteiger partial charge in [0.2, 0.25) is 5.91 Å². The molecule has 0 radical (unpaired) electrons. The van der Waals surface area contributed by atoms with Gasteiger partial charge in [-0.2, -0.15) is 0 Å². The first-order chi connectivity index (χ1) is 14.0. The van der Waals surface area contributed by atoms with Gasteiger partial charge < -0.3 is 24.3 Å². The van der Waals surface area contributed by atoms with Crippen LogP contribution in [0.2, 0.25) is 0 Å². The zero-order valence-electron chi connectivity index (χ0n) is 17.4. The van der Waals surface area contributed by atoms with Crippen molar-refractivity contribution in [2.75, 3.05) is 32.8 Å². The maximum atomic E-state index is 12.9. The summed E-state index contributed by atoms with van der Waals surface area (Å²) in [4.78, 5) is 32.1. The van der Waals surface area contributed by atoms with Crippen molar-refractivity contribution in [2.45, 2.75) is 57.8 Å². The number of hydrogen-bond donors (Lipinski definition) is 1. The van der Waals surface area contributed by atoms with E-state index in [1.807, 2.05) is 15.7 Å². The average Bonchev–Trinajstić information content (AvgIpc) is 3.22. The number of carbonyl (C=O) groups excluding carboxylic acids is 2. The summed E-state index contributed by atoms with van der Waals surface area (Å²) in [5, 5.41) is 2.99. The van der Waals surface area contributed by atoms with Crippen LogP contribution in [0.25, 0.3) is 0 Å². The number of rotatable bonds is 4. The van der Waals surface area contributed by atoms with Gasteiger partial charge >= 0.3 is 0 Å². The molecule has 2 amide bonds. The summed E-state index contributed by atoms with van der Waals surface area (Å²) in [7, 11) is 0. The Bertz CT molecular complexity index is 733. The van der Waals surface area contributed by atoms with E-state index in [0.717, 1.165) is 18.7 Å². The van der Waals surface area contributed by atoms with Crippen LogP contribution in [0.5, 0.6) is 0 Å². The first-order valence-corrected chi connectivity index (χ1v) is 10.8. The summed E-state index contributed by atoms with van der Waals surface area (Å²) in [6, 6.07) is 0. The SMILES string of the molecule is CC(C)CNC(=O)[C@H]1Cn2ccnc2C2(CCN(C(=O)C3CCOCC3)CC2)O1. The summed E-state index contributed by atoms with van der Waals surface area (Å²) < 4.78 is 13.8. The molecule has 1 aromatic heterocycles. The molecule has 1 N–H and O–H groups in total. The predicted octanol–water partition coefficient (Wildman–Crippen LogP) is 1.30. The third kappa shape index (κ3) is 4.19. The number of imidazole rings is 1. The first kappa shape index (κ1) is 20.3. The molecule has 0 saturated carbocycles. The number of amides is 2. The average molecular weight is 405 g/mol. The van der Waals surface area contributed by atoms with Gasteiger partial charge in [-0.15, -0.1) is 0 Å². The molecule has 0 aromatic carbocycles. The molecular weight excluding hydrogens is 372 g/mol. The van der Waals surface area contributed by atoms with Crippen molar-refractivity contribution in [3.8, 4) is 0 Å². The van der Waals surface area contributed by atoms with Crippen LogP contribution in [0, 0.1) is 11.8 Å². The maximum absolute atomic E-state index is 12.9. The van der Waals surface area contributed by atoms with Gasteiger partial charge in [0.25, 0.3) is 5.91 Å². The fraction of sp³-hybridized carbons (Fsp3) is 0.762. The van der Waals surface area contributed by atoms with Crippen LogP contribution in [-0.2, 0) is 31.2 Å². The number of carbonyl (C=O) groups is 2. The van der Waals surface area contributed by atoms with Crippen molar-refractivity contribution in [3.63, 3.8) is 0 Å². The van der Waals surface area contributed by atoms with E-state index in [2.05, 4.69) is 24.1 Å². The minimum Gasteiger partial charge on any atom is -0.381 e. The molecule has 0 unspecified atom stereocenters. The van der Waals surface area contributed by atoms with Crippen LogP contribution < -0.4 is 5.32 Å². The van der Waals surface area contributed by atoms with Gasteiger partial charge in [0.1, 0.15) is 11.4 Å². The Morgan fingerprint density at radius 3 is 2.69 bits per heavy atom. The number of likely N-dealkylation sites (tertiary alicyclic amines) is 1. The van der Waals surface area contributed by atoms with Crippen molar-refractivity contribution in [2.24, 2.45) is 11.8 Å².